The molecule has 4 N–H and O–H groups in total. The highest BCUT2D eigenvalue weighted by Crippen LogP contribution is 2.22. The Balaban J connectivity index is 0.00000261. The Morgan fingerprint density at radius 1 is 1.30 bits per heavy atom. The monoisotopic (exact) mass is 486 g/mol. The molecule has 1 aliphatic heterocycles. The lowest BCUT2D eigenvalue weighted by Crippen LogP contribution is -2.43. The van der Waals surface area contributed by atoms with Crippen LogP contribution >= 0.6 is 24.0 Å². The first-order valence-electron chi connectivity index (χ1n) is 9.49. The van der Waals surface area contributed by atoms with Crippen LogP contribution < -0.4 is 10.6 Å². The van der Waals surface area contributed by atoms with Crippen LogP contribution in [0.15, 0.2) is 29.4 Å². The van der Waals surface area contributed by atoms with E-state index in [1.165, 1.54) is 22.0 Å². The Bertz CT molecular complexity index is 754. The van der Waals surface area contributed by atoms with E-state index in [0.717, 1.165) is 25.5 Å². The molecule has 2 aromatic rings. The number of aliphatic imine (C=N–C) groups is 1. The number of hydrogen-bond donors (Lipinski definition) is 4. The molecule has 7 heteroatoms. The number of aromatic amines is 1. The van der Waals surface area contributed by atoms with Gasteiger partial charge in [-0.25, -0.2) is 0 Å². The second kappa shape index (κ2) is 10.3. The van der Waals surface area contributed by atoms with E-state index in [0.29, 0.717) is 32.6 Å². The maximum Gasteiger partial charge on any atom is 0.191 e. The number of aryl methyl sites for hydroxylation is 1. The maximum atomic E-state index is 10.6. The number of rotatable bonds is 6. The summed E-state index contributed by atoms with van der Waals surface area (Å²) in [6, 6.07) is 6.33. The average molecular weight is 486 g/mol. The second-order valence-corrected chi connectivity index (χ2v) is 7.02. The third kappa shape index (κ3) is 5.83. The number of hydrogen-bond acceptors (Lipinski definition) is 3. The quantitative estimate of drug-likeness (QED) is 0.288. The molecule has 0 saturated carbocycles. The SMILES string of the molecule is CCNC(=NCC1(O)CCOCC1)NCCc1c[nH]c2cccc(C)c12.I. The number of benzene rings is 1. The standard InChI is InChI=1S/C20H30N4O2.HI/c1-3-21-19(24-14-20(25)8-11-26-12-9-20)22-10-7-16-13-23-17-6-4-5-15(2)18(16)17;/h4-6,13,23,25H,3,7-12,14H2,1-2H3,(H2,21,22,24);1H. The number of H-pyrrole nitrogens is 1. The minimum Gasteiger partial charge on any atom is -0.388 e. The number of aromatic nitrogens is 1. The van der Waals surface area contributed by atoms with Gasteiger partial charge in [0.25, 0.3) is 0 Å². The van der Waals surface area contributed by atoms with Gasteiger partial charge < -0.3 is 25.5 Å². The van der Waals surface area contributed by atoms with Crippen molar-refractivity contribution in [3.63, 3.8) is 0 Å². The van der Waals surface area contributed by atoms with E-state index in [-0.39, 0.29) is 24.0 Å². The molecule has 150 valence electrons. The lowest BCUT2D eigenvalue weighted by atomic mass is 9.95. The smallest absolute Gasteiger partial charge is 0.191 e. The second-order valence-electron chi connectivity index (χ2n) is 7.02. The number of nitrogens with zero attached hydrogens (tertiary/aromatic N) is 1. The first-order chi connectivity index (χ1) is 12.6. The van der Waals surface area contributed by atoms with Crippen molar-refractivity contribution >= 4 is 40.8 Å². The van der Waals surface area contributed by atoms with Crippen LogP contribution in [0.5, 0.6) is 0 Å². The van der Waals surface area contributed by atoms with E-state index in [1.54, 1.807) is 0 Å². The Kier molecular flexibility index (Phi) is 8.37. The summed E-state index contributed by atoms with van der Waals surface area (Å²) in [5.74, 6) is 0.754. The molecule has 0 amide bonds. The van der Waals surface area contributed by atoms with Gasteiger partial charge >= 0.3 is 0 Å². The highest BCUT2D eigenvalue weighted by atomic mass is 127. The van der Waals surface area contributed by atoms with Crippen molar-refractivity contribution < 1.29 is 9.84 Å². The van der Waals surface area contributed by atoms with Gasteiger partial charge in [0.2, 0.25) is 0 Å². The van der Waals surface area contributed by atoms with E-state index >= 15 is 0 Å². The molecule has 2 heterocycles. The number of aliphatic hydroxyl groups is 1. The van der Waals surface area contributed by atoms with Crippen LogP contribution in [0.1, 0.15) is 30.9 Å². The predicted molar refractivity (Wildman–Crippen MR) is 121 cm³/mol. The van der Waals surface area contributed by atoms with Crippen LogP contribution in [0.2, 0.25) is 0 Å². The molecule has 0 unspecified atom stereocenters. The first kappa shape index (κ1) is 22.0. The fourth-order valence-electron chi connectivity index (χ4n) is 3.44. The lowest BCUT2D eigenvalue weighted by Gasteiger charge is -2.30. The summed E-state index contributed by atoms with van der Waals surface area (Å²) in [6.45, 7) is 7.38. The zero-order chi connectivity index (χ0) is 18.4. The van der Waals surface area contributed by atoms with Gasteiger partial charge in [0.15, 0.2) is 5.96 Å². The van der Waals surface area contributed by atoms with Gasteiger partial charge in [-0.3, -0.25) is 4.99 Å². The average Bonchev–Trinajstić information content (AvgIpc) is 3.05. The zero-order valence-corrected chi connectivity index (χ0v) is 18.5. The minimum absolute atomic E-state index is 0. The predicted octanol–water partition coefficient (Wildman–Crippen LogP) is 2.73. The molecule has 0 spiro atoms. The highest BCUT2D eigenvalue weighted by Gasteiger charge is 2.29. The van der Waals surface area contributed by atoms with Gasteiger partial charge in [0.1, 0.15) is 0 Å². The Labute approximate surface area is 178 Å². The Hall–Kier alpha value is -1.32. The molecule has 0 aliphatic carbocycles. The van der Waals surface area contributed by atoms with Crippen molar-refractivity contribution in [2.24, 2.45) is 4.99 Å². The van der Waals surface area contributed by atoms with Crippen molar-refractivity contribution in [2.75, 3.05) is 32.8 Å². The fourth-order valence-corrected chi connectivity index (χ4v) is 3.44. The summed E-state index contributed by atoms with van der Waals surface area (Å²) in [4.78, 5) is 7.94. The maximum absolute atomic E-state index is 10.6. The summed E-state index contributed by atoms with van der Waals surface area (Å²) in [5, 5.41) is 18.5. The van der Waals surface area contributed by atoms with Crippen molar-refractivity contribution in [3.8, 4) is 0 Å². The van der Waals surface area contributed by atoms with E-state index in [9.17, 15) is 5.11 Å². The molecular weight excluding hydrogens is 455 g/mol. The summed E-state index contributed by atoms with van der Waals surface area (Å²) in [6.07, 6.45) is 4.29. The highest BCUT2D eigenvalue weighted by molar-refractivity contribution is 14.0. The Morgan fingerprint density at radius 3 is 2.81 bits per heavy atom. The molecule has 1 aliphatic rings. The Morgan fingerprint density at radius 2 is 2.07 bits per heavy atom. The summed E-state index contributed by atoms with van der Waals surface area (Å²) < 4.78 is 5.33. The minimum atomic E-state index is -0.742. The van der Waals surface area contributed by atoms with Gasteiger partial charge in [0, 0.05) is 56.2 Å². The first-order valence-corrected chi connectivity index (χ1v) is 9.49. The molecule has 27 heavy (non-hydrogen) atoms. The number of fused-ring (bicyclic) bond motifs is 1. The van der Waals surface area contributed by atoms with E-state index < -0.39 is 5.60 Å². The zero-order valence-electron chi connectivity index (χ0n) is 16.2. The fraction of sp³-hybridized carbons (Fsp3) is 0.550. The number of ether oxygens (including phenoxy) is 1. The molecule has 1 saturated heterocycles. The molecule has 1 fully saturated rings. The normalized spacial score (nSPS) is 16.8. The summed E-state index contributed by atoms with van der Waals surface area (Å²) in [5.41, 5.74) is 3.04. The van der Waals surface area contributed by atoms with Crippen molar-refractivity contribution in [2.45, 2.75) is 38.7 Å². The molecule has 0 bridgehead atoms. The molecule has 1 aromatic heterocycles. The third-order valence-corrected chi connectivity index (χ3v) is 4.98. The number of halogens is 1. The molecule has 0 radical (unpaired) electrons. The molecular formula is C20H31IN4O2. The van der Waals surface area contributed by atoms with Gasteiger partial charge in [-0.15, -0.1) is 24.0 Å². The van der Waals surface area contributed by atoms with Gasteiger partial charge in [-0.2, -0.15) is 0 Å². The number of nitrogens with one attached hydrogen (secondary N) is 3. The molecule has 6 nitrogen and oxygen atoms in total. The van der Waals surface area contributed by atoms with Crippen molar-refractivity contribution in [1.29, 1.82) is 0 Å². The van der Waals surface area contributed by atoms with E-state index in [1.807, 2.05) is 6.92 Å². The van der Waals surface area contributed by atoms with Crippen LogP contribution in [-0.2, 0) is 11.2 Å². The van der Waals surface area contributed by atoms with Crippen LogP contribution in [-0.4, -0.2) is 54.5 Å². The topological polar surface area (TPSA) is 81.7 Å². The third-order valence-electron chi connectivity index (χ3n) is 4.98. The van der Waals surface area contributed by atoms with Crippen LogP contribution in [0, 0.1) is 6.92 Å². The lowest BCUT2D eigenvalue weighted by molar-refractivity contribution is -0.0565. The molecule has 1 aromatic carbocycles. The summed E-state index contributed by atoms with van der Waals surface area (Å²) >= 11 is 0. The van der Waals surface area contributed by atoms with Crippen molar-refractivity contribution in [3.05, 3.63) is 35.5 Å². The van der Waals surface area contributed by atoms with E-state index in [4.69, 9.17) is 4.74 Å². The molecule has 3 rings (SSSR count). The van der Waals surface area contributed by atoms with Crippen LogP contribution in [0.4, 0.5) is 0 Å². The van der Waals surface area contributed by atoms with Crippen LogP contribution in [0.3, 0.4) is 0 Å². The van der Waals surface area contributed by atoms with Gasteiger partial charge in [-0.1, -0.05) is 12.1 Å². The summed E-state index contributed by atoms with van der Waals surface area (Å²) in [7, 11) is 0. The number of guanidine groups is 1. The van der Waals surface area contributed by atoms with Crippen LogP contribution in [0.25, 0.3) is 10.9 Å². The van der Waals surface area contributed by atoms with Crippen molar-refractivity contribution in [1.82, 2.24) is 15.6 Å². The molecule has 0 atom stereocenters. The van der Waals surface area contributed by atoms with Gasteiger partial charge in [-0.05, 0) is 37.5 Å². The van der Waals surface area contributed by atoms with E-state index in [2.05, 4.69) is 51.9 Å². The largest absolute Gasteiger partial charge is 0.388 e. The van der Waals surface area contributed by atoms with Gasteiger partial charge in [0.05, 0.1) is 12.1 Å².